The van der Waals surface area contributed by atoms with E-state index in [9.17, 15) is 9.59 Å². The molecule has 0 radical (unpaired) electrons. The highest BCUT2D eigenvalue weighted by molar-refractivity contribution is 5.93. The highest BCUT2D eigenvalue weighted by Gasteiger charge is 2.38. The van der Waals surface area contributed by atoms with Crippen LogP contribution in [0.3, 0.4) is 0 Å². The van der Waals surface area contributed by atoms with Gasteiger partial charge in [0.15, 0.2) is 5.60 Å². The van der Waals surface area contributed by atoms with Crippen molar-refractivity contribution in [3.05, 3.63) is 42.0 Å². The SMILES string of the molecule is CC1(C(N)=O)CN(C(=O)/C=C/c2ccccc2)CCO1. The Morgan fingerprint density at radius 2 is 2.05 bits per heavy atom. The lowest BCUT2D eigenvalue weighted by molar-refractivity contribution is -0.158. The van der Waals surface area contributed by atoms with Gasteiger partial charge in [0.05, 0.1) is 13.2 Å². The van der Waals surface area contributed by atoms with E-state index in [0.29, 0.717) is 13.2 Å². The lowest BCUT2D eigenvalue weighted by atomic mass is 10.0. The van der Waals surface area contributed by atoms with Crippen LogP contribution in [0.1, 0.15) is 12.5 Å². The highest BCUT2D eigenvalue weighted by atomic mass is 16.5. The van der Waals surface area contributed by atoms with Gasteiger partial charge in [-0.1, -0.05) is 30.3 Å². The molecule has 0 aliphatic carbocycles. The van der Waals surface area contributed by atoms with E-state index >= 15 is 0 Å². The molecule has 20 heavy (non-hydrogen) atoms. The van der Waals surface area contributed by atoms with Crippen molar-refractivity contribution in [3.8, 4) is 0 Å². The van der Waals surface area contributed by atoms with Crippen LogP contribution >= 0.6 is 0 Å². The van der Waals surface area contributed by atoms with Crippen molar-refractivity contribution in [1.29, 1.82) is 0 Å². The summed E-state index contributed by atoms with van der Waals surface area (Å²) < 4.78 is 5.38. The molecule has 0 aromatic heterocycles. The minimum absolute atomic E-state index is 0.148. The van der Waals surface area contributed by atoms with Gasteiger partial charge >= 0.3 is 0 Å². The molecule has 1 aliphatic rings. The molecule has 1 unspecified atom stereocenters. The summed E-state index contributed by atoms with van der Waals surface area (Å²) in [5.41, 5.74) is 5.16. The summed E-state index contributed by atoms with van der Waals surface area (Å²) in [5, 5.41) is 0. The third kappa shape index (κ3) is 3.24. The average molecular weight is 274 g/mol. The summed E-state index contributed by atoms with van der Waals surface area (Å²) in [6.45, 7) is 2.56. The molecule has 0 saturated carbocycles. The molecule has 1 saturated heterocycles. The van der Waals surface area contributed by atoms with Crippen LogP contribution in [0.5, 0.6) is 0 Å². The van der Waals surface area contributed by atoms with Gasteiger partial charge in [-0.15, -0.1) is 0 Å². The maximum atomic E-state index is 12.1. The van der Waals surface area contributed by atoms with Crippen LogP contribution in [-0.2, 0) is 14.3 Å². The van der Waals surface area contributed by atoms with Crippen molar-refractivity contribution in [2.75, 3.05) is 19.7 Å². The minimum atomic E-state index is -1.10. The molecule has 1 aromatic rings. The Balaban J connectivity index is 2.03. The van der Waals surface area contributed by atoms with Crippen molar-refractivity contribution >= 4 is 17.9 Å². The van der Waals surface area contributed by atoms with Crippen LogP contribution in [0.2, 0.25) is 0 Å². The number of amides is 2. The number of rotatable bonds is 3. The van der Waals surface area contributed by atoms with E-state index in [1.807, 2.05) is 30.3 Å². The van der Waals surface area contributed by atoms with Crippen molar-refractivity contribution in [1.82, 2.24) is 4.90 Å². The van der Waals surface area contributed by atoms with Crippen LogP contribution in [0.25, 0.3) is 6.08 Å². The number of hydrogen-bond donors (Lipinski definition) is 1. The van der Waals surface area contributed by atoms with Gasteiger partial charge in [0.1, 0.15) is 0 Å². The number of hydrogen-bond acceptors (Lipinski definition) is 3. The molecule has 5 heteroatoms. The fourth-order valence-electron chi connectivity index (χ4n) is 2.04. The van der Waals surface area contributed by atoms with Crippen LogP contribution < -0.4 is 5.73 Å². The first kappa shape index (κ1) is 14.3. The quantitative estimate of drug-likeness (QED) is 0.829. The molecule has 2 rings (SSSR count). The Hall–Kier alpha value is -2.14. The summed E-state index contributed by atoms with van der Waals surface area (Å²) in [6.07, 6.45) is 3.25. The zero-order valence-electron chi connectivity index (χ0n) is 11.4. The molecule has 1 atom stereocenters. The first-order valence-electron chi connectivity index (χ1n) is 6.47. The van der Waals surface area contributed by atoms with E-state index in [4.69, 9.17) is 10.5 Å². The average Bonchev–Trinajstić information content (AvgIpc) is 2.46. The van der Waals surface area contributed by atoms with Gasteiger partial charge in [0.25, 0.3) is 5.91 Å². The molecular formula is C15H18N2O3. The standard InChI is InChI=1S/C15H18N2O3/c1-15(14(16)19)11-17(9-10-20-15)13(18)8-7-12-5-3-2-4-6-12/h2-8H,9-11H2,1H3,(H2,16,19)/b8-7+. The molecule has 2 amide bonds. The number of primary amides is 1. The predicted octanol–water partition coefficient (Wildman–Crippen LogP) is 0.803. The number of nitrogens with zero attached hydrogens (tertiary/aromatic N) is 1. The molecule has 1 fully saturated rings. The predicted molar refractivity (Wildman–Crippen MR) is 75.6 cm³/mol. The Labute approximate surface area is 118 Å². The molecule has 5 nitrogen and oxygen atoms in total. The Bertz CT molecular complexity index is 527. The second-order valence-corrected chi connectivity index (χ2v) is 4.95. The van der Waals surface area contributed by atoms with E-state index in [2.05, 4.69) is 0 Å². The molecular weight excluding hydrogens is 256 g/mol. The fraction of sp³-hybridized carbons (Fsp3) is 0.333. The summed E-state index contributed by atoms with van der Waals surface area (Å²) in [4.78, 5) is 25.1. The zero-order chi connectivity index (χ0) is 14.6. The minimum Gasteiger partial charge on any atom is -0.367 e. The van der Waals surface area contributed by atoms with E-state index < -0.39 is 11.5 Å². The van der Waals surface area contributed by atoms with Crippen molar-refractivity contribution in [2.45, 2.75) is 12.5 Å². The maximum absolute atomic E-state index is 12.1. The summed E-state index contributed by atoms with van der Waals surface area (Å²) >= 11 is 0. The van der Waals surface area contributed by atoms with Gasteiger partial charge in [0, 0.05) is 12.6 Å². The van der Waals surface area contributed by atoms with Gasteiger partial charge in [-0.05, 0) is 18.6 Å². The molecule has 1 heterocycles. The van der Waals surface area contributed by atoms with Crippen molar-refractivity contribution < 1.29 is 14.3 Å². The van der Waals surface area contributed by atoms with Crippen LogP contribution in [-0.4, -0.2) is 42.0 Å². The third-order valence-electron chi connectivity index (χ3n) is 3.33. The molecule has 1 aliphatic heterocycles. The second kappa shape index (κ2) is 5.88. The Morgan fingerprint density at radius 3 is 2.70 bits per heavy atom. The maximum Gasteiger partial charge on any atom is 0.251 e. The second-order valence-electron chi connectivity index (χ2n) is 4.95. The topological polar surface area (TPSA) is 72.6 Å². The lowest BCUT2D eigenvalue weighted by Crippen LogP contribution is -2.58. The summed E-state index contributed by atoms with van der Waals surface area (Å²) in [5.74, 6) is -0.702. The fourth-order valence-corrected chi connectivity index (χ4v) is 2.04. The van der Waals surface area contributed by atoms with Gasteiger partial charge in [-0.25, -0.2) is 0 Å². The number of carbonyl (C=O) groups excluding carboxylic acids is 2. The van der Waals surface area contributed by atoms with Gasteiger partial charge in [-0.3, -0.25) is 9.59 Å². The summed E-state index contributed by atoms with van der Waals surface area (Å²) in [6, 6.07) is 9.55. The monoisotopic (exact) mass is 274 g/mol. The number of morpholine rings is 1. The van der Waals surface area contributed by atoms with Crippen LogP contribution in [0.15, 0.2) is 36.4 Å². The Kier molecular flexibility index (Phi) is 4.20. The number of benzene rings is 1. The number of carbonyl (C=O) groups is 2. The number of ether oxygens (including phenoxy) is 1. The molecule has 2 N–H and O–H groups in total. The summed E-state index contributed by atoms with van der Waals surface area (Å²) in [7, 11) is 0. The van der Waals surface area contributed by atoms with Crippen LogP contribution in [0, 0.1) is 0 Å². The first-order chi connectivity index (χ1) is 9.51. The van der Waals surface area contributed by atoms with E-state index in [1.165, 1.54) is 6.08 Å². The molecule has 106 valence electrons. The smallest absolute Gasteiger partial charge is 0.251 e. The highest BCUT2D eigenvalue weighted by Crippen LogP contribution is 2.17. The number of nitrogens with two attached hydrogens (primary N) is 1. The normalized spacial score (nSPS) is 22.9. The third-order valence-corrected chi connectivity index (χ3v) is 3.33. The Morgan fingerprint density at radius 1 is 1.35 bits per heavy atom. The van der Waals surface area contributed by atoms with Gasteiger partial charge in [0.2, 0.25) is 5.91 Å². The zero-order valence-corrected chi connectivity index (χ0v) is 11.4. The van der Waals surface area contributed by atoms with E-state index in [1.54, 1.807) is 17.9 Å². The van der Waals surface area contributed by atoms with Crippen LogP contribution in [0.4, 0.5) is 0 Å². The molecule has 0 spiro atoms. The van der Waals surface area contributed by atoms with Gasteiger partial charge in [-0.2, -0.15) is 0 Å². The molecule has 0 bridgehead atoms. The van der Waals surface area contributed by atoms with E-state index in [0.717, 1.165) is 5.56 Å². The van der Waals surface area contributed by atoms with Crippen molar-refractivity contribution in [3.63, 3.8) is 0 Å². The van der Waals surface area contributed by atoms with Crippen molar-refractivity contribution in [2.24, 2.45) is 5.73 Å². The molecule has 1 aromatic carbocycles. The lowest BCUT2D eigenvalue weighted by Gasteiger charge is -2.37. The first-order valence-corrected chi connectivity index (χ1v) is 6.47. The van der Waals surface area contributed by atoms with E-state index in [-0.39, 0.29) is 12.5 Å². The van der Waals surface area contributed by atoms with Gasteiger partial charge < -0.3 is 15.4 Å². The largest absolute Gasteiger partial charge is 0.367 e.